The van der Waals surface area contributed by atoms with Gasteiger partial charge in [0.2, 0.25) is 0 Å². The van der Waals surface area contributed by atoms with Crippen molar-refractivity contribution in [2.24, 2.45) is 0 Å². The van der Waals surface area contributed by atoms with Gasteiger partial charge in [-0.2, -0.15) is 0 Å². The maximum absolute atomic E-state index is 5.94. The molecule has 0 aliphatic carbocycles. The summed E-state index contributed by atoms with van der Waals surface area (Å²) in [5.41, 5.74) is 3.91. The van der Waals surface area contributed by atoms with Crippen molar-refractivity contribution in [2.75, 3.05) is 14.2 Å². The number of methoxy groups -OCH3 is 2. The molecule has 0 aromatic heterocycles. The quantitative estimate of drug-likeness (QED) is 0.934. The zero-order valence-corrected chi connectivity index (χ0v) is 13.6. The lowest BCUT2D eigenvalue weighted by Crippen LogP contribution is -2.37. The molecule has 1 N–H and O–H groups in total. The Morgan fingerprint density at radius 1 is 1.05 bits per heavy atom. The van der Waals surface area contributed by atoms with Gasteiger partial charge in [0.05, 0.1) is 14.2 Å². The minimum Gasteiger partial charge on any atom is -0.493 e. The van der Waals surface area contributed by atoms with Crippen LogP contribution in [0.4, 0.5) is 0 Å². The van der Waals surface area contributed by atoms with E-state index in [-0.39, 0.29) is 0 Å². The van der Waals surface area contributed by atoms with Gasteiger partial charge in [0.15, 0.2) is 11.5 Å². The fourth-order valence-corrected chi connectivity index (χ4v) is 3.09. The van der Waals surface area contributed by atoms with E-state index in [4.69, 9.17) is 21.1 Å². The minimum atomic E-state index is 0.423. The van der Waals surface area contributed by atoms with Gasteiger partial charge in [-0.1, -0.05) is 23.7 Å². The molecule has 1 aliphatic rings. The molecule has 0 bridgehead atoms. The SMILES string of the molecule is COc1cc2c(cc1OC)CC(Cc1ccc(Cl)cc1)NC2. The largest absolute Gasteiger partial charge is 0.493 e. The van der Waals surface area contributed by atoms with Gasteiger partial charge in [-0.3, -0.25) is 0 Å². The zero-order chi connectivity index (χ0) is 15.5. The summed E-state index contributed by atoms with van der Waals surface area (Å²) in [4.78, 5) is 0. The molecule has 0 radical (unpaired) electrons. The molecule has 22 heavy (non-hydrogen) atoms. The normalized spacial score (nSPS) is 17.0. The van der Waals surface area contributed by atoms with Crippen LogP contribution >= 0.6 is 11.6 Å². The number of rotatable bonds is 4. The molecule has 1 atom stereocenters. The maximum Gasteiger partial charge on any atom is 0.161 e. The minimum absolute atomic E-state index is 0.423. The van der Waals surface area contributed by atoms with Crippen LogP contribution in [-0.2, 0) is 19.4 Å². The predicted molar refractivity (Wildman–Crippen MR) is 89.0 cm³/mol. The van der Waals surface area contributed by atoms with Crippen molar-refractivity contribution in [3.05, 3.63) is 58.1 Å². The molecular formula is C18H20ClNO2. The van der Waals surface area contributed by atoms with E-state index in [1.54, 1.807) is 14.2 Å². The summed E-state index contributed by atoms with van der Waals surface area (Å²) in [5.74, 6) is 1.59. The Kier molecular flexibility index (Phi) is 4.55. The monoisotopic (exact) mass is 317 g/mol. The van der Waals surface area contributed by atoms with Crippen molar-refractivity contribution < 1.29 is 9.47 Å². The summed E-state index contributed by atoms with van der Waals surface area (Å²) in [6.45, 7) is 0.855. The van der Waals surface area contributed by atoms with Crippen molar-refractivity contribution >= 4 is 11.6 Å². The molecule has 3 rings (SSSR count). The molecule has 116 valence electrons. The van der Waals surface area contributed by atoms with E-state index in [0.717, 1.165) is 35.9 Å². The summed E-state index contributed by atoms with van der Waals surface area (Å²) < 4.78 is 10.8. The molecule has 1 unspecified atom stereocenters. The van der Waals surface area contributed by atoms with Gasteiger partial charge in [-0.05, 0) is 53.8 Å². The average Bonchev–Trinajstić information content (AvgIpc) is 2.55. The molecule has 2 aromatic rings. The van der Waals surface area contributed by atoms with Crippen LogP contribution < -0.4 is 14.8 Å². The summed E-state index contributed by atoms with van der Waals surface area (Å²) in [5, 5.41) is 4.38. The first-order valence-corrected chi connectivity index (χ1v) is 7.79. The van der Waals surface area contributed by atoms with E-state index in [9.17, 15) is 0 Å². The van der Waals surface area contributed by atoms with Crippen LogP contribution in [0.2, 0.25) is 5.02 Å². The van der Waals surface area contributed by atoms with E-state index < -0.39 is 0 Å². The van der Waals surface area contributed by atoms with Crippen LogP contribution in [0.1, 0.15) is 16.7 Å². The van der Waals surface area contributed by atoms with Crippen LogP contribution in [0, 0.1) is 0 Å². The van der Waals surface area contributed by atoms with Crippen LogP contribution in [0.3, 0.4) is 0 Å². The number of nitrogens with one attached hydrogen (secondary N) is 1. The summed E-state index contributed by atoms with van der Waals surface area (Å²) >= 11 is 5.94. The zero-order valence-electron chi connectivity index (χ0n) is 12.9. The number of hydrogen-bond acceptors (Lipinski definition) is 3. The third kappa shape index (κ3) is 3.21. The van der Waals surface area contributed by atoms with Crippen LogP contribution in [-0.4, -0.2) is 20.3 Å². The Bertz CT molecular complexity index is 655. The highest BCUT2D eigenvalue weighted by Gasteiger charge is 2.20. The van der Waals surface area contributed by atoms with Crippen molar-refractivity contribution in [1.29, 1.82) is 0 Å². The standard InChI is InChI=1S/C18H20ClNO2/c1-21-17-9-13-8-16(7-12-3-5-15(19)6-4-12)20-11-14(13)10-18(17)22-2/h3-6,9-10,16,20H,7-8,11H2,1-2H3. The van der Waals surface area contributed by atoms with Gasteiger partial charge in [0.1, 0.15) is 0 Å². The molecule has 0 spiro atoms. The molecule has 4 heteroatoms. The van der Waals surface area contributed by atoms with E-state index in [1.165, 1.54) is 16.7 Å². The lowest BCUT2D eigenvalue weighted by atomic mass is 9.91. The third-order valence-corrected chi connectivity index (χ3v) is 4.40. The Balaban J connectivity index is 1.76. The Labute approximate surface area is 136 Å². The number of hydrogen-bond donors (Lipinski definition) is 1. The molecule has 0 saturated carbocycles. The van der Waals surface area contributed by atoms with Crippen molar-refractivity contribution in [2.45, 2.75) is 25.4 Å². The molecule has 1 heterocycles. The predicted octanol–water partition coefficient (Wildman–Crippen LogP) is 3.61. The lowest BCUT2D eigenvalue weighted by Gasteiger charge is -2.27. The van der Waals surface area contributed by atoms with Gasteiger partial charge in [0.25, 0.3) is 0 Å². The van der Waals surface area contributed by atoms with Crippen molar-refractivity contribution in [3.8, 4) is 11.5 Å². The van der Waals surface area contributed by atoms with E-state index in [0.29, 0.717) is 6.04 Å². The topological polar surface area (TPSA) is 30.5 Å². The third-order valence-electron chi connectivity index (χ3n) is 4.15. The molecule has 3 nitrogen and oxygen atoms in total. The fraction of sp³-hybridized carbons (Fsp3) is 0.333. The van der Waals surface area contributed by atoms with E-state index in [2.05, 4.69) is 29.6 Å². The first-order valence-electron chi connectivity index (χ1n) is 7.41. The van der Waals surface area contributed by atoms with Gasteiger partial charge < -0.3 is 14.8 Å². The molecule has 0 saturated heterocycles. The molecule has 0 fully saturated rings. The summed E-state index contributed by atoms with van der Waals surface area (Å²) in [6.07, 6.45) is 1.98. The Hall–Kier alpha value is -1.71. The second-order valence-corrected chi connectivity index (χ2v) is 6.02. The van der Waals surface area contributed by atoms with Crippen molar-refractivity contribution in [3.63, 3.8) is 0 Å². The molecular weight excluding hydrogens is 298 g/mol. The molecule has 1 aliphatic heterocycles. The second-order valence-electron chi connectivity index (χ2n) is 5.59. The van der Waals surface area contributed by atoms with E-state index >= 15 is 0 Å². The van der Waals surface area contributed by atoms with Gasteiger partial charge in [0, 0.05) is 17.6 Å². The van der Waals surface area contributed by atoms with Crippen LogP contribution in [0.15, 0.2) is 36.4 Å². The fourth-order valence-electron chi connectivity index (χ4n) is 2.96. The highest BCUT2D eigenvalue weighted by atomic mass is 35.5. The number of fused-ring (bicyclic) bond motifs is 1. The highest BCUT2D eigenvalue weighted by Crippen LogP contribution is 2.33. The van der Waals surface area contributed by atoms with Crippen LogP contribution in [0.25, 0.3) is 0 Å². The van der Waals surface area contributed by atoms with Gasteiger partial charge in [-0.25, -0.2) is 0 Å². The second kappa shape index (κ2) is 6.59. The average molecular weight is 318 g/mol. The highest BCUT2D eigenvalue weighted by molar-refractivity contribution is 6.30. The first-order chi connectivity index (χ1) is 10.7. The lowest BCUT2D eigenvalue weighted by molar-refractivity contribution is 0.352. The Morgan fingerprint density at radius 3 is 2.32 bits per heavy atom. The van der Waals surface area contributed by atoms with E-state index in [1.807, 2.05) is 12.1 Å². The Morgan fingerprint density at radius 2 is 1.68 bits per heavy atom. The number of halogens is 1. The smallest absolute Gasteiger partial charge is 0.161 e. The molecule has 0 amide bonds. The maximum atomic E-state index is 5.94. The summed E-state index contributed by atoms with van der Waals surface area (Å²) in [6, 6.07) is 12.7. The number of ether oxygens (including phenoxy) is 2. The van der Waals surface area contributed by atoms with Crippen LogP contribution in [0.5, 0.6) is 11.5 Å². The van der Waals surface area contributed by atoms with Crippen molar-refractivity contribution in [1.82, 2.24) is 5.32 Å². The summed E-state index contributed by atoms with van der Waals surface area (Å²) in [7, 11) is 3.35. The number of benzene rings is 2. The molecule has 2 aromatic carbocycles. The first kappa shape index (κ1) is 15.2. The van der Waals surface area contributed by atoms with Gasteiger partial charge >= 0.3 is 0 Å². The van der Waals surface area contributed by atoms with Gasteiger partial charge in [-0.15, -0.1) is 0 Å².